The highest BCUT2D eigenvalue weighted by Gasteiger charge is 2.36. The van der Waals surface area contributed by atoms with Gasteiger partial charge in [0, 0.05) is 39.0 Å². The summed E-state index contributed by atoms with van der Waals surface area (Å²) in [6.07, 6.45) is 8.78. The number of amides is 1. The van der Waals surface area contributed by atoms with Crippen LogP contribution in [-0.4, -0.2) is 57.1 Å². The fourth-order valence-electron chi connectivity index (χ4n) is 4.22. The molecule has 0 radical (unpaired) electrons. The maximum absolute atomic E-state index is 12.2. The number of nitrogens with zero attached hydrogens (tertiary/aromatic N) is 3. The zero-order valence-electron chi connectivity index (χ0n) is 15.5. The largest absolute Gasteiger partial charge is 0.444 e. The highest BCUT2D eigenvalue weighted by atomic mass is 16.4. The molecule has 1 aliphatic heterocycles. The first-order valence-electron chi connectivity index (χ1n) is 9.64. The van der Waals surface area contributed by atoms with E-state index in [4.69, 9.17) is 4.42 Å². The normalized spacial score (nSPS) is 23.7. The van der Waals surface area contributed by atoms with E-state index in [0.717, 1.165) is 63.9 Å². The average Bonchev–Trinajstić information content (AvgIpc) is 3.21. The number of likely N-dealkylation sites (tertiary alicyclic amines) is 1. The van der Waals surface area contributed by atoms with Gasteiger partial charge in [-0.3, -0.25) is 9.69 Å². The van der Waals surface area contributed by atoms with Gasteiger partial charge < -0.3 is 14.4 Å². The third-order valence-corrected chi connectivity index (χ3v) is 5.65. The summed E-state index contributed by atoms with van der Waals surface area (Å²) in [6.45, 7) is 6.55. The number of aryl methyl sites for hydroxylation is 1. The van der Waals surface area contributed by atoms with Crippen LogP contribution in [0.25, 0.3) is 0 Å². The predicted octanol–water partition coefficient (Wildman–Crippen LogP) is 2.35. The standard InChI is InChI=1S/C19H31N3O3/c1-3-17-11-20-18(25-17)13-22(15(2)23)16-7-10-21(12-16)14-19(24)8-5-4-6-9-19/h11,16,24H,3-10,12-14H2,1-2H3/t16-/m1/s1. The van der Waals surface area contributed by atoms with Gasteiger partial charge in [-0.25, -0.2) is 4.98 Å². The number of hydrogen-bond acceptors (Lipinski definition) is 5. The molecule has 1 aromatic heterocycles. The number of aromatic nitrogens is 1. The predicted molar refractivity (Wildman–Crippen MR) is 95.0 cm³/mol. The lowest BCUT2D eigenvalue weighted by Crippen LogP contribution is -2.45. The van der Waals surface area contributed by atoms with Crippen LogP contribution in [-0.2, 0) is 17.8 Å². The van der Waals surface area contributed by atoms with E-state index < -0.39 is 5.60 Å². The van der Waals surface area contributed by atoms with Gasteiger partial charge in [0.05, 0.1) is 18.3 Å². The molecule has 2 fully saturated rings. The fraction of sp³-hybridized carbons (Fsp3) is 0.789. The molecule has 6 nitrogen and oxygen atoms in total. The minimum Gasteiger partial charge on any atom is -0.444 e. The lowest BCUT2D eigenvalue weighted by Gasteiger charge is -2.36. The molecule has 2 aliphatic rings. The molecule has 1 saturated carbocycles. The molecule has 0 spiro atoms. The van der Waals surface area contributed by atoms with Crippen LogP contribution in [0.2, 0.25) is 0 Å². The van der Waals surface area contributed by atoms with E-state index >= 15 is 0 Å². The number of carbonyl (C=O) groups excluding carboxylic acids is 1. The lowest BCUT2D eigenvalue weighted by molar-refractivity contribution is -0.132. The van der Waals surface area contributed by atoms with Gasteiger partial charge >= 0.3 is 0 Å². The molecule has 1 aromatic rings. The molecular weight excluding hydrogens is 318 g/mol. The minimum absolute atomic E-state index is 0.0551. The monoisotopic (exact) mass is 349 g/mol. The highest BCUT2D eigenvalue weighted by molar-refractivity contribution is 5.73. The van der Waals surface area contributed by atoms with E-state index in [1.165, 1.54) is 6.42 Å². The van der Waals surface area contributed by atoms with Crippen molar-refractivity contribution in [3.05, 3.63) is 17.8 Å². The Hall–Kier alpha value is -1.40. The second-order valence-corrected chi connectivity index (χ2v) is 7.68. The van der Waals surface area contributed by atoms with E-state index in [-0.39, 0.29) is 11.9 Å². The van der Waals surface area contributed by atoms with Gasteiger partial charge in [0.25, 0.3) is 0 Å². The fourth-order valence-corrected chi connectivity index (χ4v) is 4.22. The molecule has 2 heterocycles. The van der Waals surface area contributed by atoms with Crippen molar-refractivity contribution in [2.45, 2.75) is 77.0 Å². The SMILES string of the molecule is CCc1cnc(CN(C(C)=O)[C@@H]2CCN(CC3(O)CCCCC3)C2)o1. The summed E-state index contributed by atoms with van der Waals surface area (Å²) in [7, 11) is 0. The highest BCUT2D eigenvalue weighted by Crippen LogP contribution is 2.30. The average molecular weight is 349 g/mol. The second kappa shape index (κ2) is 7.87. The summed E-state index contributed by atoms with van der Waals surface area (Å²) in [5, 5.41) is 10.8. The Kier molecular flexibility index (Phi) is 5.79. The Morgan fingerprint density at radius 3 is 2.84 bits per heavy atom. The molecule has 140 valence electrons. The smallest absolute Gasteiger partial charge is 0.220 e. The van der Waals surface area contributed by atoms with Crippen LogP contribution in [0.1, 0.15) is 64.0 Å². The molecule has 6 heteroatoms. The third kappa shape index (κ3) is 4.61. The van der Waals surface area contributed by atoms with E-state index in [1.54, 1.807) is 13.1 Å². The number of hydrogen-bond donors (Lipinski definition) is 1. The minimum atomic E-state index is -0.535. The van der Waals surface area contributed by atoms with Crippen LogP contribution >= 0.6 is 0 Å². The van der Waals surface area contributed by atoms with Crippen molar-refractivity contribution < 1.29 is 14.3 Å². The molecular formula is C19H31N3O3. The van der Waals surface area contributed by atoms with Crippen LogP contribution in [0.4, 0.5) is 0 Å². The van der Waals surface area contributed by atoms with Crippen LogP contribution in [0.3, 0.4) is 0 Å². The number of aliphatic hydroxyl groups is 1. The van der Waals surface area contributed by atoms with Gasteiger partial charge in [0.1, 0.15) is 5.76 Å². The first-order chi connectivity index (χ1) is 12.0. The summed E-state index contributed by atoms with van der Waals surface area (Å²) in [5.74, 6) is 1.52. The van der Waals surface area contributed by atoms with E-state index in [0.29, 0.717) is 12.4 Å². The van der Waals surface area contributed by atoms with Crippen molar-refractivity contribution in [1.82, 2.24) is 14.8 Å². The van der Waals surface area contributed by atoms with E-state index in [2.05, 4.69) is 9.88 Å². The first-order valence-corrected chi connectivity index (χ1v) is 9.64. The van der Waals surface area contributed by atoms with Crippen molar-refractivity contribution in [1.29, 1.82) is 0 Å². The maximum atomic E-state index is 12.2. The van der Waals surface area contributed by atoms with Gasteiger partial charge in [-0.15, -0.1) is 0 Å². The zero-order valence-corrected chi connectivity index (χ0v) is 15.5. The molecule has 1 N–H and O–H groups in total. The Labute approximate surface area is 150 Å². The van der Waals surface area contributed by atoms with Crippen LogP contribution in [0.15, 0.2) is 10.6 Å². The molecule has 0 bridgehead atoms. The maximum Gasteiger partial charge on any atom is 0.220 e. The van der Waals surface area contributed by atoms with Gasteiger partial charge in [0.2, 0.25) is 11.8 Å². The van der Waals surface area contributed by atoms with Crippen LogP contribution in [0, 0.1) is 0 Å². The number of β-amino-alcohol motifs (C(OH)–C–C–N with tert-alkyl or cyclic N) is 1. The van der Waals surface area contributed by atoms with Gasteiger partial charge in [-0.2, -0.15) is 0 Å². The Morgan fingerprint density at radius 2 is 2.20 bits per heavy atom. The number of carbonyl (C=O) groups is 1. The summed E-state index contributed by atoms with van der Waals surface area (Å²) >= 11 is 0. The van der Waals surface area contributed by atoms with E-state index in [9.17, 15) is 9.90 Å². The summed E-state index contributed by atoms with van der Waals surface area (Å²) in [4.78, 5) is 20.6. The molecule has 0 unspecified atom stereocenters. The van der Waals surface area contributed by atoms with Crippen molar-refractivity contribution in [3.8, 4) is 0 Å². The molecule has 3 rings (SSSR count). The quantitative estimate of drug-likeness (QED) is 0.854. The van der Waals surface area contributed by atoms with E-state index in [1.807, 2.05) is 11.8 Å². The Morgan fingerprint density at radius 1 is 1.44 bits per heavy atom. The molecule has 25 heavy (non-hydrogen) atoms. The van der Waals surface area contributed by atoms with Gasteiger partial charge in [-0.1, -0.05) is 26.2 Å². The molecule has 1 aliphatic carbocycles. The lowest BCUT2D eigenvalue weighted by atomic mass is 9.84. The molecule has 1 amide bonds. The van der Waals surface area contributed by atoms with Crippen LogP contribution in [0.5, 0.6) is 0 Å². The van der Waals surface area contributed by atoms with Crippen molar-refractivity contribution in [2.24, 2.45) is 0 Å². The molecule has 0 aromatic carbocycles. The third-order valence-electron chi connectivity index (χ3n) is 5.65. The topological polar surface area (TPSA) is 69.8 Å². The van der Waals surface area contributed by atoms with Crippen molar-refractivity contribution in [3.63, 3.8) is 0 Å². The summed E-state index contributed by atoms with van der Waals surface area (Å²) in [6, 6.07) is 0.168. The Bertz CT molecular complexity index is 580. The number of oxazole rings is 1. The summed E-state index contributed by atoms with van der Waals surface area (Å²) in [5.41, 5.74) is -0.535. The Balaban J connectivity index is 1.58. The van der Waals surface area contributed by atoms with Gasteiger partial charge in [0.15, 0.2) is 0 Å². The summed E-state index contributed by atoms with van der Waals surface area (Å²) < 4.78 is 5.68. The van der Waals surface area contributed by atoms with Gasteiger partial charge in [-0.05, 0) is 19.3 Å². The van der Waals surface area contributed by atoms with Crippen molar-refractivity contribution >= 4 is 5.91 Å². The molecule has 1 saturated heterocycles. The van der Waals surface area contributed by atoms with Crippen molar-refractivity contribution in [2.75, 3.05) is 19.6 Å². The molecule has 1 atom stereocenters. The number of rotatable bonds is 6. The zero-order chi connectivity index (χ0) is 17.9. The van der Waals surface area contributed by atoms with Crippen LogP contribution < -0.4 is 0 Å². The first kappa shape index (κ1) is 18.4. The second-order valence-electron chi connectivity index (χ2n) is 7.68.